The van der Waals surface area contributed by atoms with Crippen LogP contribution in [0, 0.1) is 0 Å². The molecule has 0 aromatic heterocycles. The molecule has 81 valence electrons. The third-order valence-corrected chi connectivity index (χ3v) is 3.16. The summed E-state index contributed by atoms with van der Waals surface area (Å²) in [7, 11) is 0. The third-order valence-electron chi connectivity index (χ3n) is 2.84. The molecule has 2 rings (SSSR count). The number of rotatable bonds is 2. The highest BCUT2D eigenvalue weighted by Crippen LogP contribution is 2.26. The van der Waals surface area contributed by atoms with Crippen LogP contribution in [0.2, 0.25) is 5.02 Å². The van der Waals surface area contributed by atoms with Crippen molar-refractivity contribution in [2.45, 2.75) is 37.8 Å². The van der Waals surface area contributed by atoms with Crippen LogP contribution in [0.3, 0.4) is 0 Å². The molecule has 1 aliphatic carbocycles. The standard InChI is InChI=1S/C12H15ClNO/c13-11-3-1-2-4-12(11)14-9-5-7-10(15)8-6-9/h1-4,9-10,15H,5-8H2/t9-,10-. The number of benzene rings is 1. The molecule has 0 aliphatic heterocycles. The maximum absolute atomic E-state index is 9.38. The second-order valence-corrected chi connectivity index (χ2v) is 4.45. The van der Waals surface area contributed by atoms with Crippen molar-refractivity contribution in [3.05, 3.63) is 29.3 Å². The van der Waals surface area contributed by atoms with Crippen molar-refractivity contribution in [1.29, 1.82) is 0 Å². The molecule has 1 saturated carbocycles. The first kappa shape index (κ1) is 10.8. The lowest BCUT2D eigenvalue weighted by Gasteiger charge is -2.25. The molecule has 0 bridgehead atoms. The summed E-state index contributed by atoms with van der Waals surface area (Å²) in [5.41, 5.74) is 0.876. The van der Waals surface area contributed by atoms with Gasteiger partial charge in [0.15, 0.2) is 0 Å². The van der Waals surface area contributed by atoms with Crippen molar-refractivity contribution < 1.29 is 5.11 Å². The molecule has 0 saturated heterocycles. The Labute approximate surface area is 95.3 Å². The van der Waals surface area contributed by atoms with Crippen molar-refractivity contribution in [3.63, 3.8) is 0 Å². The molecule has 1 aromatic carbocycles. The molecule has 0 spiro atoms. The lowest BCUT2D eigenvalue weighted by atomic mass is 9.93. The van der Waals surface area contributed by atoms with Crippen LogP contribution >= 0.6 is 11.6 Å². The minimum Gasteiger partial charge on any atom is -0.393 e. The van der Waals surface area contributed by atoms with Gasteiger partial charge in [0.25, 0.3) is 0 Å². The van der Waals surface area contributed by atoms with Gasteiger partial charge in [0.05, 0.1) is 22.9 Å². The minimum atomic E-state index is -0.123. The average molecular weight is 225 g/mol. The van der Waals surface area contributed by atoms with E-state index in [1.807, 2.05) is 24.3 Å². The lowest BCUT2D eigenvalue weighted by Crippen LogP contribution is -2.27. The largest absolute Gasteiger partial charge is 0.393 e. The van der Waals surface area contributed by atoms with Crippen LogP contribution in [0.15, 0.2) is 24.3 Å². The number of hydrogen-bond donors (Lipinski definition) is 1. The van der Waals surface area contributed by atoms with E-state index in [1.165, 1.54) is 0 Å². The first-order valence-electron chi connectivity index (χ1n) is 5.39. The molecule has 1 radical (unpaired) electrons. The van der Waals surface area contributed by atoms with Gasteiger partial charge in [-0.25, -0.2) is 0 Å². The maximum atomic E-state index is 9.38. The molecule has 15 heavy (non-hydrogen) atoms. The quantitative estimate of drug-likeness (QED) is 0.824. The molecule has 1 fully saturated rings. The van der Waals surface area contributed by atoms with Gasteiger partial charge in [-0.1, -0.05) is 23.7 Å². The third kappa shape index (κ3) is 2.86. The SMILES string of the molecule is O[C@H]1CC[C@H]([N]c2ccccc2Cl)CC1. The van der Waals surface area contributed by atoms with Crippen molar-refractivity contribution in [2.75, 3.05) is 0 Å². The predicted octanol–water partition coefficient (Wildman–Crippen LogP) is 2.88. The van der Waals surface area contributed by atoms with Gasteiger partial charge < -0.3 is 5.11 Å². The van der Waals surface area contributed by atoms with Crippen molar-refractivity contribution in [3.8, 4) is 0 Å². The number of aliphatic hydroxyl groups excluding tert-OH is 1. The van der Waals surface area contributed by atoms with Crippen LogP contribution in [0.1, 0.15) is 25.7 Å². The van der Waals surface area contributed by atoms with Gasteiger partial charge in [-0.05, 0) is 37.8 Å². The van der Waals surface area contributed by atoms with Gasteiger partial charge in [0.1, 0.15) is 0 Å². The van der Waals surface area contributed by atoms with Crippen LogP contribution in [-0.4, -0.2) is 17.3 Å². The van der Waals surface area contributed by atoms with Crippen LogP contribution in [0.5, 0.6) is 0 Å². The molecule has 3 heteroatoms. The monoisotopic (exact) mass is 224 g/mol. The number of halogens is 1. The fourth-order valence-electron chi connectivity index (χ4n) is 1.94. The zero-order valence-electron chi connectivity index (χ0n) is 8.56. The van der Waals surface area contributed by atoms with Crippen molar-refractivity contribution in [2.24, 2.45) is 0 Å². The summed E-state index contributed by atoms with van der Waals surface area (Å²) in [4.78, 5) is 0. The molecule has 0 unspecified atom stereocenters. The fourth-order valence-corrected chi connectivity index (χ4v) is 2.12. The van der Waals surface area contributed by atoms with Crippen LogP contribution < -0.4 is 5.32 Å². The van der Waals surface area contributed by atoms with E-state index in [-0.39, 0.29) is 6.10 Å². The van der Waals surface area contributed by atoms with E-state index in [4.69, 9.17) is 11.6 Å². The molecule has 1 aliphatic rings. The van der Waals surface area contributed by atoms with Gasteiger partial charge in [0.2, 0.25) is 0 Å². The Balaban J connectivity index is 1.95. The lowest BCUT2D eigenvalue weighted by molar-refractivity contribution is 0.119. The second-order valence-electron chi connectivity index (χ2n) is 4.04. The Morgan fingerprint density at radius 3 is 2.47 bits per heavy atom. The van der Waals surface area contributed by atoms with E-state index < -0.39 is 0 Å². The highest BCUT2D eigenvalue weighted by atomic mass is 35.5. The Hall–Kier alpha value is -0.730. The summed E-state index contributed by atoms with van der Waals surface area (Å²) in [5, 5.41) is 14.7. The molecule has 0 heterocycles. The second kappa shape index (κ2) is 4.86. The number of nitrogens with zero attached hydrogens (tertiary/aromatic N) is 1. The van der Waals surface area contributed by atoms with E-state index in [1.54, 1.807) is 0 Å². The summed E-state index contributed by atoms with van der Waals surface area (Å²) in [5.74, 6) is 0. The Kier molecular flexibility index (Phi) is 3.49. The van der Waals surface area contributed by atoms with Crippen LogP contribution in [0.25, 0.3) is 0 Å². The van der Waals surface area contributed by atoms with Gasteiger partial charge in [-0.15, -0.1) is 0 Å². The Morgan fingerprint density at radius 1 is 1.13 bits per heavy atom. The Bertz CT molecular complexity index is 321. The van der Waals surface area contributed by atoms with Gasteiger partial charge in [-0.2, -0.15) is 0 Å². The number of aliphatic hydroxyl groups is 1. The summed E-state index contributed by atoms with van der Waals surface area (Å²) < 4.78 is 0. The van der Waals surface area contributed by atoms with Crippen molar-refractivity contribution >= 4 is 17.3 Å². The highest BCUT2D eigenvalue weighted by Gasteiger charge is 2.20. The molecule has 1 N–H and O–H groups in total. The van der Waals surface area contributed by atoms with E-state index in [9.17, 15) is 5.11 Å². The number of para-hydroxylation sites is 1. The average Bonchev–Trinajstić information content (AvgIpc) is 2.25. The van der Waals surface area contributed by atoms with Crippen molar-refractivity contribution in [1.82, 2.24) is 5.32 Å². The van der Waals surface area contributed by atoms with Gasteiger partial charge >= 0.3 is 0 Å². The topological polar surface area (TPSA) is 34.3 Å². The van der Waals surface area contributed by atoms with E-state index >= 15 is 0 Å². The molecular weight excluding hydrogens is 210 g/mol. The fraction of sp³-hybridized carbons (Fsp3) is 0.500. The summed E-state index contributed by atoms with van der Waals surface area (Å²) >= 11 is 6.03. The molecule has 0 amide bonds. The van der Waals surface area contributed by atoms with Crippen LogP contribution in [0.4, 0.5) is 5.69 Å². The summed E-state index contributed by atoms with van der Waals surface area (Å²) in [6, 6.07) is 7.98. The van der Waals surface area contributed by atoms with E-state index in [0.717, 1.165) is 31.4 Å². The highest BCUT2D eigenvalue weighted by molar-refractivity contribution is 6.32. The van der Waals surface area contributed by atoms with Gasteiger partial charge in [-0.3, -0.25) is 5.32 Å². The summed E-state index contributed by atoms with van der Waals surface area (Å²) in [6.45, 7) is 0. The smallest absolute Gasteiger partial charge is 0.0763 e. The van der Waals surface area contributed by atoms with Crippen LogP contribution in [-0.2, 0) is 0 Å². The minimum absolute atomic E-state index is 0.123. The molecule has 2 nitrogen and oxygen atoms in total. The zero-order valence-corrected chi connectivity index (χ0v) is 9.32. The predicted molar refractivity (Wildman–Crippen MR) is 61.5 cm³/mol. The normalized spacial score (nSPS) is 26.3. The first-order chi connectivity index (χ1) is 7.25. The van der Waals surface area contributed by atoms with Gasteiger partial charge in [0, 0.05) is 0 Å². The molecule has 1 aromatic rings. The Morgan fingerprint density at radius 2 is 1.80 bits per heavy atom. The molecule has 0 atom stereocenters. The maximum Gasteiger partial charge on any atom is 0.0763 e. The van der Waals surface area contributed by atoms with E-state index in [0.29, 0.717) is 11.1 Å². The molecular formula is C12H15ClNO. The number of hydrogen-bond acceptors (Lipinski definition) is 1. The van der Waals surface area contributed by atoms with E-state index in [2.05, 4.69) is 5.32 Å². The summed E-state index contributed by atoms with van der Waals surface area (Å²) in [6.07, 6.45) is 3.53. The zero-order chi connectivity index (χ0) is 10.7. The first-order valence-corrected chi connectivity index (χ1v) is 5.77.